The molecule has 1 aliphatic heterocycles. The fourth-order valence-corrected chi connectivity index (χ4v) is 3.70. The van der Waals surface area contributed by atoms with E-state index in [0.29, 0.717) is 18.1 Å². The summed E-state index contributed by atoms with van der Waals surface area (Å²) in [5, 5.41) is 11.5. The first-order valence-corrected chi connectivity index (χ1v) is 8.72. The van der Waals surface area contributed by atoms with Crippen LogP contribution in [-0.4, -0.2) is 31.2 Å². The Morgan fingerprint density at radius 2 is 1.79 bits per heavy atom. The lowest BCUT2D eigenvalue weighted by Crippen LogP contribution is -2.36. The van der Waals surface area contributed by atoms with Gasteiger partial charge in [-0.3, -0.25) is 10.1 Å². The highest BCUT2D eigenvalue weighted by atomic mass is 32.2. The van der Waals surface area contributed by atoms with Crippen LogP contribution in [0, 0.1) is 24.0 Å². The Labute approximate surface area is 145 Å². The number of hydrogen-bond donors (Lipinski definition) is 0. The molecule has 0 bridgehead atoms. The van der Waals surface area contributed by atoms with Crippen molar-refractivity contribution in [2.75, 3.05) is 31.2 Å². The van der Waals surface area contributed by atoms with Gasteiger partial charge in [0.15, 0.2) is 0 Å². The Hall–Kier alpha value is -2.05. The third-order valence-corrected chi connectivity index (χ3v) is 5.13. The topological polar surface area (TPSA) is 55.6 Å². The minimum Gasteiger partial charge on any atom is -0.378 e. The monoisotopic (exact) mass is 344 g/mol. The van der Waals surface area contributed by atoms with Crippen LogP contribution >= 0.6 is 11.8 Å². The van der Waals surface area contributed by atoms with Gasteiger partial charge in [0.05, 0.1) is 23.0 Å². The fourth-order valence-electron chi connectivity index (χ4n) is 2.76. The summed E-state index contributed by atoms with van der Waals surface area (Å²) in [6.45, 7) is 6.96. The Kier molecular flexibility index (Phi) is 5.06. The van der Waals surface area contributed by atoms with Crippen LogP contribution in [0.15, 0.2) is 46.2 Å². The number of nitro benzene ring substituents is 1. The Morgan fingerprint density at radius 3 is 2.42 bits per heavy atom. The van der Waals surface area contributed by atoms with Gasteiger partial charge in [0, 0.05) is 29.7 Å². The predicted octanol–water partition coefficient (Wildman–Crippen LogP) is 4.20. The van der Waals surface area contributed by atoms with Crippen LogP contribution in [0.25, 0.3) is 0 Å². The van der Waals surface area contributed by atoms with E-state index in [9.17, 15) is 10.1 Å². The van der Waals surface area contributed by atoms with Crippen LogP contribution in [0.3, 0.4) is 0 Å². The molecule has 0 spiro atoms. The van der Waals surface area contributed by atoms with Crippen molar-refractivity contribution in [1.29, 1.82) is 0 Å². The molecule has 0 atom stereocenters. The van der Waals surface area contributed by atoms with Gasteiger partial charge >= 0.3 is 0 Å². The van der Waals surface area contributed by atoms with Crippen LogP contribution in [-0.2, 0) is 4.74 Å². The molecule has 1 fully saturated rings. The second-order valence-electron chi connectivity index (χ2n) is 5.88. The van der Waals surface area contributed by atoms with Gasteiger partial charge in [-0.1, -0.05) is 29.5 Å². The Morgan fingerprint density at radius 1 is 1.12 bits per heavy atom. The molecule has 0 unspecified atom stereocenters. The summed E-state index contributed by atoms with van der Waals surface area (Å²) in [4.78, 5) is 15.1. The van der Waals surface area contributed by atoms with Crippen molar-refractivity contribution in [3.05, 3.63) is 57.6 Å². The lowest BCUT2D eigenvalue weighted by molar-refractivity contribution is -0.387. The van der Waals surface area contributed by atoms with Crippen LogP contribution in [0.1, 0.15) is 11.1 Å². The molecule has 0 aliphatic carbocycles. The molecular weight excluding hydrogens is 324 g/mol. The smallest absolute Gasteiger partial charge is 0.283 e. The van der Waals surface area contributed by atoms with Crippen molar-refractivity contribution >= 4 is 23.1 Å². The molecule has 0 saturated carbocycles. The number of hydrogen-bond acceptors (Lipinski definition) is 5. The zero-order chi connectivity index (χ0) is 17.1. The van der Waals surface area contributed by atoms with Crippen molar-refractivity contribution in [1.82, 2.24) is 0 Å². The number of benzene rings is 2. The van der Waals surface area contributed by atoms with E-state index in [4.69, 9.17) is 4.74 Å². The third-order valence-electron chi connectivity index (χ3n) is 4.07. The quantitative estimate of drug-likeness (QED) is 0.614. The molecule has 0 amide bonds. The zero-order valence-corrected chi connectivity index (χ0v) is 14.6. The highest BCUT2D eigenvalue weighted by Crippen LogP contribution is 2.39. The van der Waals surface area contributed by atoms with E-state index in [1.807, 2.05) is 44.2 Å². The van der Waals surface area contributed by atoms with Crippen molar-refractivity contribution in [3.8, 4) is 0 Å². The maximum Gasteiger partial charge on any atom is 0.283 e. The van der Waals surface area contributed by atoms with Gasteiger partial charge in [-0.25, -0.2) is 0 Å². The molecule has 0 radical (unpaired) electrons. The van der Waals surface area contributed by atoms with Gasteiger partial charge < -0.3 is 9.64 Å². The van der Waals surface area contributed by atoms with Crippen LogP contribution in [0.2, 0.25) is 0 Å². The Bertz CT molecular complexity index is 741. The van der Waals surface area contributed by atoms with E-state index in [2.05, 4.69) is 4.90 Å². The predicted molar refractivity (Wildman–Crippen MR) is 96.2 cm³/mol. The number of nitro groups is 1. The van der Waals surface area contributed by atoms with E-state index in [-0.39, 0.29) is 10.6 Å². The second-order valence-corrected chi connectivity index (χ2v) is 6.99. The molecule has 2 aromatic rings. The summed E-state index contributed by atoms with van der Waals surface area (Å²) in [6, 6.07) is 11.7. The minimum absolute atomic E-state index is 0.162. The summed E-state index contributed by atoms with van der Waals surface area (Å²) >= 11 is 1.44. The zero-order valence-electron chi connectivity index (χ0n) is 13.8. The van der Waals surface area contributed by atoms with Gasteiger partial charge in [0.2, 0.25) is 0 Å². The van der Waals surface area contributed by atoms with E-state index < -0.39 is 0 Å². The molecule has 1 saturated heterocycles. The number of rotatable bonds is 4. The molecule has 24 heavy (non-hydrogen) atoms. The SMILES string of the molecule is Cc1ccc(Sc2cc(N3CCOCC3)c(C)cc2[N+](=O)[O-])cc1. The van der Waals surface area contributed by atoms with Gasteiger partial charge in [0.25, 0.3) is 5.69 Å². The first kappa shape index (κ1) is 16.8. The van der Waals surface area contributed by atoms with Crippen molar-refractivity contribution in [3.63, 3.8) is 0 Å². The Balaban J connectivity index is 1.98. The summed E-state index contributed by atoms with van der Waals surface area (Å²) in [5.41, 5.74) is 3.32. The van der Waals surface area contributed by atoms with Crippen LogP contribution in [0.4, 0.5) is 11.4 Å². The number of ether oxygens (including phenoxy) is 1. The minimum atomic E-state index is -0.299. The molecule has 2 aromatic carbocycles. The van der Waals surface area contributed by atoms with Crippen molar-refractivity contribution in [2.24, 2.45) is 0 Å². The first-order valence-electron chi connectivity index (χ1n) is 7.91. The van der Waals surface area contributed by atoms with E-state index in [0.717, 1.165) is 29.2 Å². The van der Waals surface area contributed by atoms with Gasteiger partial charge in [-0.2, -0.15) is 0 Å². The molecule has 5 nitrogen and oxygen atoms in total. The maximum absolute atomic E-state index is 11.5. The molecule has 126 valence electrons. The van der Waals surface area contributed by atoms with Gasteiger partial charge in [-0.05, 0) is 37.6 Å². The molecule has 1 heterocycles. The average molecular weight is 344 g/mol. The molecular formula is C18H20N2O3S. The van der Waals surface area contributed by atoms with Crippen LogP contribution < -0.4 is 4.90 Å². The average Bonchev–Trinajstić information content (AvgIpc) is 2.58. The summed E-state index contributed by atoms with van der Waals surface area (Å²) in [6.07, 6.45) is 0. The summed E-state index contributed by atoms with van der Waals surface area (Å²) in [7, 11) is 0. The first-order chi connectivity index (χ1) is 11.5. The second kappa shape index (κ2) is 7.23. The third kappa shape index (κ3) is 3.71. The highest BCUT2D eigenvalue weighted by Gasteiger charge is 2.21. The summed E-state index contributed by atoms with van der Waals surface area (Å²) < 4.78 is 5.41. The van der Waals surface area contributed by atoms with Crippen molar-refractivity contribution in [2.45, 2.75) is 23.6 Å². The molecule has 1 aliphatic rings. The lowest BCUT2D eigenvalue weighted by atomic mass is 10.1. The van der Waals surface area contributed by atoms with E-state index in [1.165, 1.54) is 17.3 Å². The molecule has 3 rings (SSSR count). The number of aryl methyl sites for hydroxylation is 2. The summed E-state index contributed by atoms with van der Waals surface area (Å²) in [5.74, 6) is 0. The molecule has 6 heteroatoms. The fraction of sp³-hybridized carbons (Fsp3) is 0.333. The normalized spacial score (nSPS) is 14.7. The molecule has 0 N–H and O–H groups in total. The van der Waals surface area contributed by atoms with Gasteiger partial charge in [-0.15, -0.1) is 0 Å². The van der Waals surface area contributed by atoms with E-state index >= 15 is 0 Å². The van der Waals surface area contributed by atoms with Crippen molar-refractivity contribution < 1.29 is 9.66 Å². The highest BCUT2D eigenvalue weighted by molar-refractivity contribution is 7.99. The van der Waals surface area contributed by atoms with Crippen LogP contribution in [0.5, 0.6) is 0 Å². The maximum atomic E-state index is 11.5. The van der Waals surface area contributed by atoms with Gasteiger partial charge in [0.1, 0.15) is 0 Å². The largest absolute Gasteiger partial charge is 0.378 e. The number of anilines is 1. The molecule has 0 aromatic heterocycles. The number of morpholine rings is 1. The van der Waals surface area contributed by atoms with E-state index in [1.54, 1.807) is 6.07 Å². The lowest BCUT2D eigenvalue weighted by Gasteiger charge is -2.30. The standard InChI is InChI=1S/C18H20N2O3S/c1-13-3-5-15(6-4-13)24-18-12-16(19-7-9-23-10-8-19)14(2)11-17(18)20(21)22/h3-6,11-12H,7-10H2,1-2H3. The number of nitrogens with zero attached hydrogens (tertiary/aromatic N) is 2.